The van der Waals surface area contributed by atoms with Gasteiger partial charge in [0.1, 0.15) is 6.33 Å². The Morgan fingerprint density at radius 1 is 1.44 bits per heavy atom. The minimum atomic E-state index is -0.154. The Labute approximate surface area is 104 Å². The van der Waals surface area contributed by atoms with Gasteiger partial charge in [0.2, 0.25) is 5.65 Å². The van der Waals surface area contributed by atoms with Gasteiger partial charge in [-0.05, 0) is 12.8 Å². The quantitative estimate of drug-likeness (QED) is 0.797. The lowest BCUT2D eigenvalue weighted by molar-refractivity contribution is 0.0627. The van der Waals surface area contributed by atoms with Crippen molar-refractivity contribution in [1.29, 1.82) is 0 Å². The second-order valence-corrected chi connectivity index (χ2v) is 4.56. The first kappa shape index (κ1) is 11.4. The topological polar surface area (TPSA) is 90.4 Å². The Hall–Kier alpha value is -1.73. The van der Waals surface area contributed by atoms with Crippen LogP contribution in [0.3, 0.4) is 0 Å². The summed E-state index contributed by atoms with van der Waals surface area (Å²) in [5.74, 6) is 0.724. The number of aromatic nitrogens is 4. The molecular formula is C11H16N6O. The van der Waals surface area contributed by atoms with Gasteiger partial charge in [-0.15, -0.1) is 10.2 Å². The SMILES string of the molecule is NCC1(Nc2nccn3cnnc23)CCOCC1. The Morgan fingerprint density at radius 3 is 3.06 bits per heavy atom. The van der Waals surface area contributed by atoms with Crippen LogP contribution in [-0.2, 0) is 4.74 Å². The van der Waals surface area contributed by atoms with Crippen molar-refractivity contribution in [1.82, 2.24) is 19.6 Å². The second kappa shape index (κ2) is 4.51. The summed E-state index contributed by atoms with van der Waals surface area (Å²) in [4.78, 5) is 4.34. The molecule has 0 spiro atoms. The second-order valence-electron chi connectivity index (χ2n) is 4.56. The number of ether oxygens (including phenoxy) is 1. The molecule has 3 rings (SSSR count). The largest absolute Gasteiger partial charge is 0.381 e. The van der Waals surface area contributed by atoms with Crippen LogP contribution in [0.1, 0.15) is 12.8 Å². The van der Waals surface area contributed by atoms with Crippen molar-refractivity contribution in [2.45, 2.75) is 18.4 Å². The lowest BCUT2D eigenvalue weighted by Gasteiger charge is -2.37. The maximum atomic E-state index is 5.92. The molecule has 7 nitrogen and oxygen atoms in total. The number of rotatable bonds is 3. The van der Waals surface area contributed by atoms with Crippen LogP contribution in [0.5, 0.6) is 0 Å². The number of nitrogens with two attached hydrogens (primary N) is 1. The Kier molecular flexibility index (Phi) is 2.85. The summed E-state index contributed by atoms with van der Waals surface area (Å²) in [6, 6.07) is 0. The van der Waals surface area contributed by atoms with Crippen molar-refractivity contribution in [2.75, 3.05) is 25.1 Å². The summed E-state index contributed by atoms with van der Waals surface area (Å²) in [5.41, 5.74) is 6.48. The van der Waals surface area contributed by atoms with E-state index in [2.05, 4.69) is 20.5 Å². The molecule has 0 amide bonds. The molecule has 1 aliphatic heterocycles. The van der Waals surface area contributed by atoms with Crippen molar-refractivity contribution < 1.29 is 4.74 Å². The van der Waals surface area contributed by atoms with Crippen LogP contribution in [0.25, 0.3) is 5.65 Å². The third kappa shape index (κ3) is 1.91. The highest BCUT2D eigenvalue weighted by atomic mass is 16.5. The highest BCUT2D eigenvalue weighted by Gasteiger charge is 2.32. The predicted molar refractivity (Wildman–Crippen MR) is 66.2 cm³/mol. The van der Waals surface area contributed by atoms with Crippen molar-refractivity contribution in [3.63, 3.8) is 0 Å². The van der Waals surface area contributed by atoms with E-state index in [0.29, 0.717) is 6.54 Å². The maximum absolute atomic E-state index is 5.92. The van der Waals surface area contributed by atoms with E-state index in [1.165, 1.54) is 0 Å². The van der Waals surface area contributed by atoms with E-state index in [4.69, 9.17) is 10.5 Å². The molecule has 0 aliphatic carbocycles. The molecule has 0 atom stereocenters. The number of anilines is 1. The molecular weight excluding hydrogens is 232 g/mol. The van der Waals surface area contributed by atoms with E-state index in [0.717, 1.165) is 37.5 Å². The van der Waals surface area contributed by atoms with Gasteiger partial charge in [0.15, 0.2) is 5.82 Å². The number of hydrogen-bond donors (Lipinski definition) is 2. The molecule has 3 heterocycles. The van der Waals surface area contributed by atoms with E-state index in [-0.39, 0.29) is 5.54 Å². The standard InChI is InChI=1S/C11H16N6O/c12-7-11(1-5-18-6-2-11)15-9-10-16-14-8-17(10)4-3-13-9/h3-4,8H,1-2,5-7,12H2,(H,13,15). The minimum Gasteiger partial charge on any atom is -0.381 e. The molecule has 0 saturated carbocycles. The summed E-state index contributed by atoms with van der Waals surface area (Å²) in [6.07, 6.45) is 6.95. The zero-order valence-electron chi connectivity index (χ0n) is 10.0. The Bertz CT molecular complexity index is 533. The Balaban J connectivity index is 1.92. The van der Waals surface area contributed by atoms with Crippen molar-refractivity contribution in [2.24, 2.45) is 5.73 Å². The zero-order valence-corrected chi connectivity index (χ0v) is 10.0. The molecule has 96 valence electrons. The highest BCUT2D eigenvalue weighted by molar-refractivity contribution is 5.62. The molecule has 0 bridgehead atoms. The third-order valence-electron chi connectivity index (χ3n) is 3.44. The number of hydrogen-bond acceptors (Lipinski definition) is 6. The van der Waals surface area contributed by atoms with Crippen LogP contribution in [0.2, 0.25) is 0 Å². The summed E-state index contributed by atoms with van der Waals surface area (Å²) < 4.78 is 7.22. The third-order valence-corrected chi connectivity index (χ3v) is 3.44. The molecule has 2 aromatic heterocycles. The summed E-state index contributed by atoms with van der Waals surface area (Å²) in [7, 11) is 0. The molecule has 18 heavy (non-hydrogen) atoms. The molecule has 3 N–H and O–H groups in total. The van der Waals surface area contributed by atoms with Gasteiger partial charge in [-0.25, -0.2) is 4.98 Å². The lowest BCUT2D eigenvalue weighted by atomic mass is 9.90. The van der Waals surface area contributed by atoms with Crippen LogP contribution in [0.15, 0.2) is 18.7 Å². The predicted octanol–water partition coefficient (Wildman–Crippen LogP) is 0.0441. The highest BCUT2D eigenvalue weighted by Crippen LogP contribution is 2.25. The first-order valence-corrected chi connectivity index (χ1v) is 6.03. The van der Waals surface area contributed by atoms with Gasteiger partial charge in [0.25, 0.3) is 0 Å². The maximum Gasteiger partial charge on any atom is 0.203 e. The van der Waals surface area contributed by atoms with E-state index in [1.807, 2.05) is 10.6 Å². The zero-order chi connectivity index (χ0) is 12.4. The smallest absolute Gasteiger partial charge is 0.203 e. The number of fused-ring (bicyclic) bond motifs is 1. The first-order valence-electron chi connectivity index (χ1n) is 6.03. The van der Waals surface area contributed by atoms with Crippen LogP contribution in [0.4, 0.5) is 5.82 Å². The van der Waals surface area contributed by atoms with Gasteiger partial charge < -0.3 is 15.8 Å². The molecule has 0 aromatic carbocycles. The van der Waals surface area contributed by atoms with Crippen molar-refractivity contribution in [3.8, 4) is 0 Å². The fourth-order valence-corrected chi connectivity index (χ4v) is 2.24. The van der Waals surface area contributed by atoms with E-state index >= 15 is 0 Å². The monoisotopic (exact) mass is 248 g/mol. The van der Waals surface area contributed by atoms with E-state index in [1.54, 1.807) is 12.5 Å². The first-order chi connectivity index (χ1) is 8.83. The normalized spacial score (nSPS) is 18.9. The van der Waals surface area contributed by atoms with Crippen molar-refractivity contribution >= 4 is 11.5 Å². The molecule has 7 heteroatoms. The van der Waals surface area contributed by atoms with Crippen LogP contribution in [-0.4, -0.2) is 44.9 Å². The van der Waals surface area contributed by atoms with Gasteiger partial charge in [0.05, 0.1) is 5.54 Å². The van der Waals surface area contributed by atoms with Crippen molar-refractivity contribution in [3.05, 3.63) is 18.7 Å². The fourth-order valence-electron chi connectivity index (χ4n) is 2.24. The molecule has 1 saturated heterocycles. The van der Waals surface area contributed by atoms with Gasteiger partial charge >= 0.3 is 0 Å². The van der Waals surface area contributed by atoms with Gasteiger partial charge in [0, 0.05) is 32.2 Å². The lowest BCUT2D eigenvalue weighted by Crippen LogP contribution is -2.49. The summed E-state index contributed by atoms with van der Waals surface area (Å²) in [5, 5.41) is 11.4. The molecule has 1 fully saturated rings. The van der Waals surface area contributed by atoms with Crippen LogP contribution < -0.4 is 11.1 Å². The average Bonchev–Trinajstić information content (AvgIpc) is 2.89. The summed E-state index contributed by atoms with van der Waals surface area (Å²) >= 11 is 0. The minimum absolute atomic E-state index is 0.154. The fraction of sp³-hybridized carbons (Fsp3) is 0.545. The van der Waals surface area contributed by atoms with E-state index < -0.39 is 0 Å². The molecule has 2 aromatic rings. The van der Waals surface area contributed by atoms with Crippen LogP contribution in [0, 0.1) is 0 Å². The Morgan fingerprint density at radius 2 is 2.28 bits per heavy atom. The molecule has 0 radical (unpaired) electrons. The van der Waals surface area contributed by atoms with E-state index in [9.17, 15) is 0 Å². The van der Waals surface area contributed by atoms with Gasteiger partial charge in [-0.2, -0.15) is 0 Å². The van der Waals surface area contributed by atoms with Gasteiger partial charge in [-0.1, -0.05) is 0 Å². The average molecular weight is 248 g/mol. The molecule has 1 aliphatic rings. The number of nitrogens with one attached hydrogen (secondary N) is 1. The summed E-state index contributed by atoms with van der Waals surface area (Å²) in [6.45, 7) is 1.99. The van der Waals surface area contributed by atoms with Gasteiger partial charge in [-0.3, -0.25) is 4.40 Å². The molecule has 0 unspecified atom stereocenters. The van der Waals surface area contributed by atoms with Crippen LogP contribution >= 0.6 is 0 Å². The number of nitrogens with zero attached hydrogens (tertiary/aromatic N) is 4.